The Hall–Kier alpha value is -0.170. The Bertz CT molecular complexity index is 259. The van der Waals surface area contributed by atoms with E-state index in [9.17, 15) is 8.42 Å². The van der Waals surface area contributed by atoms with E-state index < -0.39 is 10.0 Å². The van der Waals surface area contributed by atoms with Gasteiger partial charge in [0.2, 0.25) is 10.0 Å². The topological polar surface area (TPSA) is 64.6 Å². The molecule has 1 aliphatic rings. The molecule has 0 amide bonds. The summed E-state index contributed by atoms with van der Waals surface area (Å²) in [7, 11) is -3.21. The molecule has 0 aliphatic carbocycles. The van der Waals surface area contributed by atoms with Gasteiger partial charge in [0, 0.05) is 6.54 Å². The van der Waals surface area contributed by atoms with Crippen molar-refractivity contribution in [1.29, 1.82) is 0 Å². The van der Waals surface area contributed by atoms with Crippen molar-refractivity contribution >= 4 is 10.0 Å². The first-order chi connectivity index (χ1) is 7.14. The maximum absolute atomic E-state index is 11.5. The van der Waals surface area contributed by atoms with Crippen molar-refractivity contribution in [3.63, 3.8) is 0 Å². The normalized spacial score (nSPS) is 22.9. The standard InChI is InChI=1S/C9H19NO4S/c1-2-3-4-10-15(11,12)8-9-7-13-5-6-14-9/h9-10H,2-8H2,1H3. The van der Waals surface area contributed by atoms with Gasteiger partial charge in [0.25, 0.3) is 0 Å². The molecule has 1 saturated heterocycles. The summed E-state index contributed by atoms with van der Waals surface area (Å²) >= 11 is 0. The van der Waals surface area contributed by atoms with Crippen LogP contribution >= 0.6 is 0 Å². The monoisotopic (exact) mass is 237 g/mol. The van der Waals surface area contributed by atoms with Crippen molar-refractivity contribution in [3.05, 3.63) is 0 Å². The maximum Gasteiger partial charge on any atom is 0.214 e. The SMILES string of the molecule is CCCCNS(=O)(=O)CC1COCCO1. The van der Waals surface area contributed by atoms with Crippen molar-refractivity contribution in [2.75, 3.05) is 32.1 Å². The molecule has 1 heterocycles. The van der Waals surface area contributed by atoms with E-state index in [1.54, 1.807) is 0 Å². The molecule has 1 unspecified atom stereocenters. The summed E-state index contributed by atoms with van der Waals surface area (Å²) in [6, 6.07) is 0. The van der Waals surface area contributed by atoms with Gasteiger partial charge in [-0.1, -0.05) is 13.3 Å². The van der Waals surface area contributed by atoms with Gasteiger partial charge in [0.1, 0.15) is 0 Å². The van der Waals surface area contributed by atoms with Gasteiger partial charge in [-0.05, 0) is 6.42 Å². The third kappa shape index (κ3) is 5.46. The Morgan fingerprint density at radius 2 is 2.20 bits per heavy atom. The molecule has 0 aromatic heterocycles. The molecule has 6 heteroatoms. The average Bonchev–Trinajstić information content (AvgIpc) is 2.18. The third-order valence-electron chi connectivity index (χ3n) is 2.14. The maximum atomic E-state index is 11.5. The summed E-state index contributed by atoms with van der Waals surface area (Å²) in [6.07, 6.45) is 1.52. The lowest BCUT2D eigenvalue weighted by molar-refractivity contribution is -0.0783. The van der Waals surface area contributed by atoms with Crippen LogP contribution < -0.4 is 4.72 Å². The second-order valence-electron chi connectivity index (χ2n) is 3.60. The van der Waals surface area contributed by atoms with Crippen LogP contribution in [0.25, 0.3) is 0 Å². The number of ether oxygens (including phenoxy) is 2. The van der Waals surface area contributed by atoms with Crippen molar-refractivity contribution in [2.24, 2.45) is 0 Å². The van der Waals surface area contributed by atoms with E-state index in [1.165, 1.54) is 0 Å². The fraction of sp³-hybridized carbons (Fsp3) is 1.00. The number of sulfonamides is 1. The highest BCUT2D eigenvalue weighted by molar-refractivity contribution is 7.89. The summed E-state index contributed by atoms with van der Waals surface area (Å²) in [5.41, 5.74) is 0. The predicted molar refractivity (Wildman–Crippen MR) is 57.3 cm³/mol. The van der Waals surface area contributed by atoms with Crippen LogP contribution in [0.1, 0.15) is 19.8 Å². The van der Waals surface area contributed by atoms with Crippen molar-refractivity contribution in [2.45, 2.75) is 25.9 Å². The molecule has 5 nitrogen and oxygen atoms in total. The number of hydrogen-bond donors (Lipinski definition) is 1. The largest absolute Gasteiger partial charge is 0.376 e. The van der Waals surface area contributed by atoms with Gasteiger partial charge >= 0.3 is 0 Å². The van der Waals surface area contributed by atoms with Crippen molar-refractivity contribution in [1.82, 2.24) is 4.72 Å². The van der Waals surface area contributed by atoms with E-state index in [-0.39, 0.29) is 11.9 Å². The van der Waals surface area contributed by atoms with Gasteiger partial charge in [-0.2, -0.15) is 0 Å². The lowest BCUT2D eigenvalue weighted by atomic mass is 10.3. The highest BCUT2D eigenvalue weighted by Crippen LogP contribution is 2.03. The van der Waals surface area contributed by atoms with Gasteiger partial charge in [-0.3, -0.25) is 0 Å². The van der Waals surface area contributed by atoms with E-state index in [0.29, 0.717) is 26.4 Å². The molecule has 0 aromatic rings. The lowest BCUT2D eigenvalue weighted by Gasteiger charge is -2.22. The first kappa shape index (κ1) is 12.9. The Morgan fingerprint density at radius 1 is 1.40 bits per heavy atom. The van der Waals surface area contributed by atoms with Crippen LogP contribution in [0.15, 0.2) is 0 Å². The minimum absolute atomic E-state index is 0.00326. The molecular weight excluding hydrogens is 218 g/mol. The molecule has 1 atom stereocenters. The quantitative estimate of drug-likeness (QED) is 0.667. The molecule has 0 saturated carbocycles. The number of nitrogens with one attached hydrogen (secondary N) is 1. The second kappa shape index (κ2) is 6.42. The Kier molecular flexibility index (Phi) is 5.52. The third-order valence-corrected chi connectivity index (χ3v) is 3.60. The zero-order chi connectivity index (χ0) is 11.1. The van der Waals surface area contributed by atoms with Gasteiger partial charge < -0.3 is 9.47 Å². The highest BCUT2D eigenvalue weighted by Gasteiger charge is 2.21. The van der Waals surface area contributed by atoms with E-state index in [4.69, 9.17) is 9.47 Å². The number of rotatable bonds is 6. The molecule has 0 bridgehead atoms. The Balaban J connectivity index is 2.27. The number of hydrogen-bond acceptors (Lipinski definition) is 4. The van der Waals surface area contributed by atoms with Gasteiger partial charge in [-0.25, -0.2) is 13.1 Å². The van der Waals surface area contributed by atoms with Gasteiger partial charge in [0.15, 0.2) is 0 Å². The Labute approximate surface area is 91.2 Å². The van der Waals surface area contributed by atoms with Crippen LogP contribution in [0.3, 0.4) is 0 Å². The van der Waals surface area contributed by atoms with Gasteiger partial charge in [-0.15, -0.1) is 0 Å². The summed E-state index contributed by atoms with van der Waals surface area (Å²) in [6.45, 7) is 3.93. The van der Waals surface area contributed by atoms with Crippen LogP contribution in [-0.2, 0) is 19.5 Å². The fourth-order valence-corrected chi connectivity index (χ4v) is 2.60. The van der Waals surface area contributed by atoms with Crippen molar-refractivity contribution in [3.8, 4) is 0 Å². The van der Waals surface area contributed by atoms with Crippen LogP contribution in [-0.4, -0.2) is 46.6 Å². The lowest BCUT2D eigenvalue weighted by Crippen LogP contribution is -2.39. The highest BCUT2D eigenvalue weighted by atomic mass is 32.2. The van der Waals surface area contributed by atoms with Gasteiger partial charge in [0.05, 0.1) is 31.7 Å². The van der Waals surface area contributed by atoms with Crippen LogP contribution in [0.5, 0.6) is 0 Å². The minimum atomic E-state index is -3.21. The van der Waals surface area contributed by atoms with E-state index in [0.717, 1.165) is 12.8 Å². The summed E-state index contributed by atoms with van der Waals surface area (Å²) < 4.78 is 36.0. The molecule has 1 fully saturated rings. The molecule has 1 rings (SSSR count). The summed E-state index contributed by atoms with van der Waals surface area (Å²) in [5.74, 6) is -0.00326. The van der Waals surface area contributed by atoms with E-state index >= 15 is 0 Å². The zero-order valence-electron chi connectivity index (χ0n) is 9.07. The Morgan fingerprint density at radius 3 is 2.80 bits per heavy atom. The minimum Gasteiger partial charge on any atom is -0.376 e. The summed E-state index contributed by atoms with van der Waals surface area (Å²) in [5, 5.41) is 0. The van der Waals surface area contributed by atoms with E-state index in [2.05, 4.69) is 4.72 Å². The predicted octanol–water partition coefficient (Wildman–Crippen LogP) is 0.121. The molecular formula is C9H19NO4S. The van der Waals surface area contributed by atoms with E-state index in [1.807, 2.05) is 6.92 Å². The smallest absolute Gasteiger partial charge is 0.214 e. The number of unbranched alkanes of at least 4 members (excludes halogenated alkanes) is 1. The molecule has 0 radical (unpaired) electrons. The summed E-state index contributed by atoms with van der Waals surface area (Å²) in [4.78, 5) is 0. The second-order valence-corrected chi connectivity index (χ2v) is 5.45. The first-order valence-corrected chi connectivity index (χ1v) is 6.96. The van der Waals surface area contributed by atoms with Crippen LogP contribution in [0.4, 0.5) is 0 Å². The zero-order valence-corrected chi connectivity index (χ0v) is 9.88. The molecule has 0 spiro atoms. The first-order valence-electron chi connectivity index (χ1n) is 5.31. The van der Waals surface area contributed by atoms with Crippen LogP contribution in [0, 0.1) is 0 Å². The molecule has 15 heavy (non-hydrogen) atoms. The molecule has 1 aliphatic heterocycles. The molecule has 90 valence electrons. The molecule has 1 N–H and O–H groups in total. The molecule has 0 aromatic carbocycles. The van der Waals surface area contributed by atoms with Crippen LogP contribution in [0.2, 0.25) is 0 Å². The van der Waals surface area contributed by atoms with Crippen molar-refractivity contribution < 1.29 is 17.9 Å². The average molecular weight is 237 g/mol. The fourth-order valence-electron chi connectivity index (χ4n) is 1.34.